The van der Waals surface area contributed by atoms with Crippen LogP contribution in [0.25, 0.3) is 0 Å². The van der Waals surface area contributed by atoms with Crippen molar-refractivity contribution in [1.29, 1.82) is 0 Å². The molecule has 98 valence electrons. The van der Waals surface area contributed by atoms with Crippen molar-refractivity contribution in [2.75, 3.05) is 0 Å². The predicted octanol–water partition coefficient (Wildman–Crippen LogP) is 4.01. The lowest BCUT2D eigenvalue weighted by molar-refractivity contribution is -0.144. The molecule has 0 aliphatic heterocycles. The van der Waals surface area contributed by atoms with E-state index in [0.717, 1.165) is 6.42 Å². The topological polar surface area (TPSA) is 46.5 Å². The lowest BCUT2D eigenvalue weighted by Crippen LogP contribution is -2.28. The van der Waals surface area contributed by atoms with Crippen LogP contribution in [0, 0.1) is 5.41 Å². The maximum absolute atomic E-state index is 11.7. The summed E-state index contributed by atoms with van der Waals surface area (Å²) in [6.07, 6.45) is 0.726. The van der Waals surface area contributed by atoms with Gasteiger partial charge in [0.2, 0.25) is 0 Å². The highest BCUT2D eigenvalue weighted by Crippen LogP contribution is 2.24. The number of ether oxygens (including phenoxy) is 1. The molecule has 0 saturated carbocycles. The average molecular weight is 240 g/mol. The highest BCUT2D eigenvalue weighted by Gasteiger charge is 2.27. The largest absolute Gasteiger partial charge is 0.508 e. The average Bonchev–Trinajstić information content (AvgIpc) is 2.21. The first-order chi connectivity index (χ1) is 6.95. The number of carbonyl (C=O) groups is 1. The zero-order chi connectivity index (χ0) is 11.5. The Kier molecular flexibility index (Phi) is 7.30. The third-order valence-corrected chi connectivity index (χ3v) is 2.48. The molecule has 0 heterocycles. The van der Waals surface area contributed by atoms with Gasteiger partial charge in [-0.1, -0.05) is 21.8 Å². The van der Waals surface area contributed by atoms with E-state index in [2.05, 4.69) is 0 Å². The lowest BCUT2D eigenvalue weighted by atomic mass is 9.91. The Morgan fingerprint density at radius 3 is 2.12 bits per heavy atom. The monoisotopic (exact) mass is 240 g/mol. The van der Waals surface area contributed by atoms with Gasteiger partial charge in [-0.3, -0.25) is 4.79 Å². The van der Waals surface area contributed by atoms with Gasteiger partial charge in [0.15, 0.2) is 0 Å². The van der Waals surface area contributed by atoms with Gasteiger partial charge in [0.05, 0.1) is 5.41 Å². The third-order valence-electron chi connectivity index (χ3n) is 2.48. The summed E-state index contributed by atoms with van der Waals surface area (Å²) < 4.78 is 5.18. The maximum Gasteiger partial charge on any atom is 0.316 e. The first-order valence-electron chi connectivity index (χ1n) is 4.97. The molecule has 0 fully saturated rings. The molecule has 0 amide bonds. The summed E-state index contributed by atoms with van der Waals surface area (Å²) in [6, 6.07) is 6.11. The van der Waals surface area contributed by atoms with Gasteiger partial charge < -0.3 is 9.84 Å². The van der Waals surface area contributed by atoms with Crippen LogP contribution in [0.15, 0.2) is 24.3 Å². The molecule has 0 spiro atoms. The Balaban J connectivity index is 0. The van der Waals surface area contributed by atoms with E-state index < -0.39 is 5.41 Å². The first kappa shape index (κ1) is 17.9. The third kappa shape index (κ3) is 4.89. The minimum absolute atomic E-state index is 0. The minimum Gasteiger partial charge on any atom is -0.508 e. The summed E-state index contributed by atoms with van der Waals surface area (Å²) in [5.41, 5.74) is -0.474. The molecule has 0 bridgehead atoms. The number of benzene rings is 1. The van der Waals surface area contributed by atoms with Crippen LogP contribution in [0.2, 0.25) is 0 Å². The van der Waals surface area contributed by atoms with Crippen molar-refractivity contribution < 1.29 is 14.6 Å². The zero-order valence-electron chi connectivity index (χ0n) is 9.28. The van der Waals surface area contributed by atoms with E-state index in [9.17, 15) is 4.79 Å². The van der Waals surface area contributed by atoms with E-state index in [1.165, 1.54) is 12.1 Å². The smallest absolute Gasteiger partial charge is 0.316 e. The number of hydrogen-bond donors (Lipinski definition) is 1. The summed E-state index contributed by atoms with van der Waals surface area (Å²) in [6.45, 7) is 5.63. The number of phenolic OH excluding ortho intramolecular Hbond substituents is 1. The summed E-state index contributed by atoms with van der Waals surface area (Å²) in [5, 5.41) is 9.06. The Bertz CT molecular complexity index is 339. The molecule has 1 rings (SSSR count). The first-order valence-corrected chi connectivity index (χ1v) is 4.97. The van der Waals surface area contributed by atoms with Crippen LogP contribution in [0.5, 0.6) is 11.5 Å². The minimum atomic E-state index is -0.474. The summed E-state index contributed by atoms with van der Waals surface area (Å²) in [7, 11) is 0. The predicted molar refractivity (Wildman–Crippen MR) is 71.3 cm³/mol. The second kappa shape index (κ2) is 6.94. The normalized spacial score (nSPS) is 9.82. The number of rotatable bonds is 3. The van der Waals surface area contributed by atoms with E-state index in [0.29, 0.717) is 5.75 Å². The summed E-state index contributed by atoms with van der Waals surface area (Å²) in [5.74, 6) is 0.361. The molecular weight excluding hydrogens is 216 g/mol. The van der Waals surface area contributed by atoms with Crippen LogP contribution < -0.4 is 4.74 Å². The molecule has 0 atom stereocenters. The highest BCUT2D eigenvalue weighted by atomic mass is 16.5. The standard InChI is InChI=1S/C12H16O3.2CH4/c1-4-12(2,3)11(14)15-10-7-5-9(13)6-8-10;;/h5-8,13H,4H2,1-3H3;2*1H4. The van der Waals surface area contributed by atoms with Crippen molar-refractivity contribution >= 4 is 5.97 Å². The number of hydrogen-bond acceptors (Lipinski definition) is 3. The Hall–Kier alpha value is -1.51. The van der Waals surface area contributed by atoms with Crippen molar-refractivity contribution in [3.63, 3.8) is 0 Å². The van der Waals surface area contributed by atoms with E-state index in [-0.39, 0.29) is 26.6 Å². The van der Waals surface area contributed by atoms with Crippen LogP contribution in [-0.4, -0.2) is 11.1 Å². The molecular formula is C14H24O3. The van der Waals surface area contributed by atoms with Crippen LogP contribution in [0.4, 0.5) is 0 Å². The molecule has 0 unspecified atom stereocenters. The lowest BCUT2D eigenvalue weighted by Gasteiger charge is -2.19. The molecule has 1 aromatic rings. The van der Waals surface area contributed by atoms with Gasteiger partial charge >= 0.3 is 5.97 Å². The molecule has 17 heavy (non-hydrogen) atoms. The van der Waals surface area contributed by atoms with Gasteiger partial charge in [-0.15, -0.1) is 0 Å². The molecule has 3 nitrogen and oxygen atoms in total. The number of phenols is 1. The molecule has 3 heteroatoms. The fourth-order valence-electron chi connectivity index (χ4n) is 0.904. The fraction of sp³-hybridized carbons (Fsp3) is 0.500. The molecule has 0 radical (unpaired) electrons. The van der Waals surface area contributed by atoms with E-state index in [1.807, 2.05) is 20.8 Å². The number of aromatic hydroxyl groups is 1. The number of carbonyl (C=O) groups excluding carboxylic acids is 1. The van der Waals surface area contributed by atoms with Crippen LogP contribution in [-0.2, 0) is 4.79 Å². The molecule has 1 N–H and O–H groups in total. The molecule has 0 saturated heterocycles. The Labute approximate surface area is 104 Å². The van der Waals surface area contributed by atoms with Crippen LogP contribution in [0.1, 0.15) is 42.0 Å². The van der Waals surface area contributed by atoms with Gasteiger partial charge in [-0.05, 0) is 44.5 Å². The Morgan fingerprint density at radius 2 is 1.71 bits per heavy atom. The van der Waals surface area contributed by atoms with E-state index >= 15 is 0 Å². The van der Waals surface area contributed by atoms with Crippen molar-refractivity contribution in [2.45, 2.75) is 42.0 Å². The second-order valence-electron chi connectivity index (χ2n) is 4.12. The Morgan fingerprint density at radius 1 is 1.24 bits per heavy atom. The van der Waals surface area contributed by atoms with Gasteiger partial charge in [-0.25, -0.2) is 0 Å². The van der Waals surface area contributed by atoms with E-state index in [1.54, 1.807) is 12.1 Å². The van der Waals surface area contributed by atoms with Crippen molar-refractivity contribution in [1.82, 2.24) is 0 Å². The summed E-state index contributed by atoms with van der Waals surface area (Å²) in [4.78, 5) is 11.7. The van der Waals surface area contributed by atoms with Crippen LogP contribution >= 0.6 is 0 Å². The maximum atomic E-state index is 11.7. The zero-order valence-corrected chi connectivity index (χ0v) is 9.28. The van der Waals surface area contributed by atoms with Crippen molar-refractivity contribution in [3.05, 3.63) is 24.3 Å². The highest BCUT2D eigenvalue weighted by molar-refractivity contribution is 5.78. The summed E-state index contributed by atoms with van der Waals surface area (Å²) >= 11 is 0. The van der Waals surface area contributed by atoms with Gasteiger partial charge in [0.1, 0.15) is 11.5 Å². The number of esters is 1. The van der Waals surface area contributed by atoms with E-state index in [4.69, 9.17) is 9.84 Å². The second-order valence-corrected chi connectivity index (χ2v) is 4.12. The SMILES string of the molecule is C.C.CCC(C)(C)C(=O)Oc1ccc(O)cc1. The quantitative estimate of drug-likeness (QED) is 0.641. The molecule has 0 aliphatic carbocycles. The fourth-order valence-corrected chi connectivity index (χ4v) is 0.904. The van der Waals surface area contributed by atoms with Crippen molar-refractivity contribution in [3.8, 4) is 11.5 Å². The van der Waals surface area contributed by atoms with Gasteiger partial charge in [0, 0.05) is 0 Å². The van der Waals surface area contributed by atoms with Crippen molar-refractivity contribution in [2.24, 2.45) is 5.41 Å². The van der Waals surface area contributed by atoms with Gasteiger partial charge in [-0.2, -0.15) is 0 Å². The van der Waals surface area contributed by atoms with Gasteiger partial charge in [0.25, 0.3) is 0 Å². The van der Waals surface area contributed by atoms with Crippen LogP contribution in [0.3, 0.4) is 0 Å². The molecule has 0 aliphatic rings. The molecule has 0 aromatic heterocycles. The molecule has 1 aromatic carbocycles.